The Morgan fingerprint density at radius 1 is 1.31 bits per heavy atom. The van der Waals surface area contributed by atoms with Crippen LogP contribution in [0.4, 0.5) is 0 Å². The highest BCUT2D eigenvalue weighted by molar-refractivity contribution is 14.1. The fourth-order valence-corrected chi connectivity index (χ4v) is 3.62. The highest BCUT2D eigenvalue weighted by Gasteiger charge is 2.20. The Balaban J connectivity index is 2.06. The van der Waals surface area contributed by atoms with Crippen molar-refractivity contribution < 1.29 is 22.7 Å². The number of hydrogen-bond donors (Lipinski definition) is 0. The molecule has 0 aromatic heterocycles. The highest BCUT2D eigenvalue weighted by atomic mass is 127. The number of sulfone groups is 1. The first-order chi connectivity index (χ1) is 12.4. The third kappa shape index (κ3) is 5.33. The molecule has 0 bridgehead atoms. The van der Waals surface area contributed by atoms with Crippen LogP contribution in [0.2, 0.25) is 0 Å². The second-order valence-electron chi connectivity index (χ2n) is 5.89. The molecule has 0 N–H and O–H groups in total. The van der Waals surface area contributed by atoms with Crippen molar-refractivity contribution in [2.24, 2.45) is 0 Å². The van der Waals surface area contributed by atoms with Crippen molar-refractivity contribution in [1.82, 2.24) is 0 Å². The number of hydrogen-bond acceptors (Lipinski definition) is 5. The summed E-state index contributed by atoms with van der Waals surface area (Å²) in [6.07, 6.45) is 5.70. The Morgan fingerprint density at radius 2 is 2.00 bits per heavy atom. The molecule has 26 heavy (non-hydrogen) atoms. The summed E-state index contributed by atoms with van der Waals surface area (Å²) in [7, 11) is -3.27. The molecule has 0 amide bonds. The van der Waals surface area contributed by atoms with E-state index in [1.807, 2.05) is 6.07 Å². The minimum Gasteiger partial charge on any atom is -0.454 e. The molecular formula is C19H23IO5S. The lowest BCUT2D eigenvalue weighted by Crippen LogP contribution is -2.05. The molecule has 1 aliphatic rings. The van der Waals surface area contributed by atoms with E-state index < -0.39 is 9.84 Å². The van der Waals surface area contributed by atoms with E-state index in [0.29, 0.717) is 29.9 Å². The summed E-state index contributed by atoms with van der Waals surface area (Å²) in [6, 6.07) is 3.66. The van der Waals surface area contributed by atoms with Crippen molar-refractivity contribution in [2.45, 2.75) is 32.6 Å². The summed E-state index contributed by atoms with van der Waals surface area (Å²) in [5.41, 5.74) is 1.63. The Labute approximate surface area is 168 Å². The van der Waals surface area contributed by atoms with E-state index in [2.05, 4.69) is 29.2 Å². The topological polar surface area (TPSA) is 69.7 Å². The normalized spacial score (nSPS) is 13.3. The molecule has 0 saturated carbocycles. The van der Waals surface area contributed by atoms with Crippen LogP contribution in [0.3, 0.4) is 0 Å². The number of aryl methyl sites for hydroxylation is 1. The molecule has 0 saturated heterocycles. The van der Waals surface area contributed by atoms with Crippen LogP contribution in [0.25, 0.3) is 0 Å². The first kappa shape index (κ1) is 21.0. The van der Waals surface area contributed by atoms with E-state index >= 15 is 0 Å². The Kier molecular flexibility index (Phi) is 7.69. The maximum absolute atomic E-state index is 12.7. The van der Waals surface area contributed by atoms with Gasteiger partial charge in [0.15, 0.2) is 27.1 Å². The third-order valence-electron chi connectivity index (χ3n) is 4.10. The van der Waals surface area contributed by atoms with E-state index in [1.165, 1.54) is 6.08 Å². The van der Waals surface area contributed by atoms with E-state index in [0.717, 1.165) is 22.8 Å². The van der Waals surface area contributed by atoms with Crippen LogP contribution >= 0.6 is 22.6 Å². The smallest absolute Gasteiger partial charge is 0.231 e. The molecule has 7 heteroatoms. The predicted molar refractivity (Wildman–Crippen MR) is 111 cm³/mol. The van der Waals surface area contributed by atoms with E-state index in [-0.39, 0.29) is 23.2 Å². The predicted octanol–water partition coefficient (Wildman–Crippen LogP) is 4.25. The molecule has 0 unspecified atom stereocenters. The molecule has 0 atom stereocenters. The van der Waals surface area contributed by atoms with Gasteiger partial charge in [-0.2, -0.15) is 0 Å². The first-order valence-corrected chi connectivity index (χ1v) is 11.7. The lowest BCUT2D eigenvalue weighted by molar-refractivity contribution is 0.0982. The zero-order chi connectivity index (χ0) is 19.2. The van der Waals surface area contributed by atoms with Crippen LogP contribution in [-0.2, 0) is 16.3 Å². The number of ketones is 1. The molecule has 1 aromatic carbocycles. The van der Waals surface area contributed by atoms with E-state index in [1.54, 1.807) is 19.1 Å². The van der Waals surface area contributed by atoms with Crippen LogP contribution in [0.1, 0.15) is 42.1 Å². The molecule has 0 radical (unpaired) electrons. The quantitative estimate of drug-likeness (QED) is 0.212. The lowest BCUT2D eigenvalue weighted by atomic mass is 9.96. The summed E-state index contributed by atoms with van der Waals surface area (Å²) in [4.78, 5) is 12.7. The molecule has 142 valence electrons. The number of benzene rings is 1. The Hall–Kier alpha value is -1.35. The van der Waals surface area contributed by atoms with Gasteiger partial charge in [0.1, 0.15) is 0 Å². The van der Waals surface area contributed by atoms with E-state index in [9.17, 15) is 13.2 Å². The number of carbonyl (C=O) groups excluding carboxylic acids is 1. The second kappa shape index (κ2) is 9.55. The minimum absolute atomic E-state index is 0.0142. The molecule has 0 spiro atoms. The average Bonchev–Trinajstić information content (AvgIpc) is 3.09. The van der Waals surface area contributed by atoms with Gasteiger partial charge in [0.25, 0.3) is 0 Å². The van der Waals surface area contributed by atoms with Crippen LogP contribution in [0, 0.1) is 0 Å². The standard InChI is InChI=1S/C19H23IO5S/c1-3-26(22,23)14(2)7-4-5-9-17(21)16-12-19-18(24-13-25-19)11-15(16)8-6-10-20/h4,7,11-12H,2-3,5-6,8-10,13H2,1H3/b7-4-. The SMILES string of the molecule is C=C(/C=C\CCC(=O)c1cc2c(cc1CCCI)OCO2)S(=O)(=O)CC. The summed E-state index contributed by atoms with van der Waals surface area (Å²) in [5.74, 6) is 1.32. The molecule has 1 aromatic rings. The molecule has 0 aliphatic carbocycles. The summed E-state index contributed by atoms with van der Waals surface area (Å²) in [5, 5.41) is 0. The molecular weight excluding hydrogens is 467 g/mol. The van der Waals surface area contributed by atoms with Crippen LogP contribution in [0.15, 0.2) is 35.8 Å². The number of ether oxygens (including phenoxy) is 2. The van der Waals surface area contributed by atoms with Gasteiger partial charge in [0, 0.05) is 12.0 Å². The maximum Gasteiger partial charge on any atom is 0.231 e. The van der Waals surface area contributed by atoms with Crippen molar-refractivity contribution in [3.05, 3.63) is 46.9 Å². The molecule has 2 rings (SSSR count). The second-order valence-corrected chi connectivity index (χ2v) is 9.30. The van der Waals surface area contributed by atoms with Crippen LogP contribution < -0.4 is 9.47 Å². The van der Waals surface area contributed by atoms with Crippen molar-refractivity contribution >= 4 is 38.2 Å². The van der Waals surface area contributed by atoms with Gasteiger partial charge >= 0.3 is 0 Å². The molecule has 1 heterocycles. The molecule has 5 nitrogen and oxygen atoms in total. The first-order valence-electron chi connectivity index (χ1n) is 8.49. The number of Topliss-reactive ketones (excluding diaryl/α,β-unsaturated/α-hetero) is 1. The van der Waals surface area contributed by atoms with Crippen LogP contribution in [-0.4, -0.2) is 31.2 Å². The molecule has 0 fully saturated rings. The monoisotopic (exact) mass is 490 g/mol. The number of rotatable bonds is 10. The highest BCUT2D eigenvalue weighted by Crippen LogP contribution is 2.36. The zero-order valence-corrected chi connectivity index (χ0v) is 17.8. The van der Waals surface area contributed by atoms with Crippen molar-refractivity contribution in [2.75, 3.05) is 17.0 Å². The van der Waals surface area contributed by atoms with Gasteiger partial charge in [-0.15, -0.1) is 0 Å². The maximum atomic E-state index is 12.7. The average molecular weight is 490 g/mol. The van der Waals surface area contributed by atoms with Crippen molar-refractivity contribution in [3.8, 4) is 11.5 Å². The largest absolute Gasteiger partial charge is 0.454 e. The fraction of sp³-hybridized carbons (Fsp3) is 0.421. The lowest BCUT2D eigenvalue weighted by Gasteiger charge is -2.09. The van der Waals surface area contributed by atoms with Gasteiger partial charge in [-0.1, -0.05) is 42.2 Å². The van der Waals surface area contributed by atoms with Crippen molar-refractivity contribution in [1.29, 1.82) is 0 Å². The van der Waals surface area contributed by atoms with Gasteiger partial charge in [-0.05, 0) is 47.5 Å². The van der Waals surface area contributed by atoms with Crippen LogP contribution in [0.5, 0.6) is 11.5 Å². The summed E-state index contributed by atoms with van der Waals surface area (Å²) < 4.78 is 35.1. The number of carbonyl (C=O) groups is 1. The van der Waals surface area contributed by atoms with E-state index in [4.69, 9.17) is 9.47 Å². The number of alkyl halides is 1. The minimum atomic E-state index is -3.27. The third-order valence-corrected chi connectivity index (χ3v) is 6.56. The zero-order valence-electron chi connectivity index (χ0n) is 14.8. The fourth-order valence-electron chi connectivity index (χ4n) is 2.56. The number of allylic oxidation sites excluding steroid dienone is 2. The number of halogens is 1. The van der Waals surface area contributed by atoms with Gasteiger partial charge in [0.05, 0.1) is 10.7 Å². The molecule has 1 aliphatic heterocycles. The van der Waals surface area contributed by atoms with Gasteiger partial charge < -0.3 is 9.47 Å². The summed E-state index contributed by atoms with van der Waals surface area (Å²) >= 11 is 2.32. The Bertz CT molecular complexity index is 811. The van der Waals surface area contributed by atoms with Gasteiger partial charge in [0.2, 0.25) is 6.79 Å². The Morgan fingerprint density at radius 3 is 2.65 bits per heavy atom. The summed E-state index contributed by atoms with van der Waals surface area (Å²) in [6.45, 7) is 5.32. The van der Waals surface area contributed by atoms with Gasteiger partial charge in [-0.25, -0.2) is 8.42 Å². The van der Waals surface area contributed by atoms with Crippen molar-refractivity contribution in [3.63, 3.8) is 0 Å². The number of fused-ring (bicyclic) bond motifs is 1. The van der Waals surface area contributed by atoms with Gasteiger partial charge in [-0.3, -0.25) is 4.79 Å².